The lowest BCUT2D eigenvalue weighted by Gasteiger charge is -2.16. The van der Waals surface area contributed by atoms with Crippen LogP contribution in [0.5, 0.6) is 0 Å². The molecular weight excluding hydrogens is 432 g/mol. The van der Waals surface area contributed by atoms with E-state index in [9.17, 15) is 9.59 Å². The van der Waals surface area contributed by atoms with E-state index in [1.807, 2.05) is 74.5 Å². The summed E-state index contributed by atoms with van der Waals surface area (Å²) in [4.78, 5) is 28.5. The third kappa shape index (κ3) is 3.69. The van der Waals surface area contributed by atoms with Crippen molar-refractivity contribution in [2.24, 2.45) is 0 Å². The molecule has 4 nitrogen and oxygen atoms in total. The molecular formula is C28H21ClN2O2. The maximum Gasteiger partial charge on any atom is 0.282 e. The molecule has 0 fully saturated rings. The number of hydrogen-bond acceptors (Lipinski definition) is 3. The molecule has 0 spiro atoms. The van der Waals surface area contributed by atoms with Crippen LogP contribution in [0.25, 0.3) is 16.3 Å². The number of fused-ring (bicyclic) bond motifs is 1. The van der Waals surface area contributed by atoms with Gasteiger partial charge in [-0.3, -0.25) is 9.59 Å². The van der Waals surface area contributed by atoms with Gasteiger partial charge < -0.3 is 5.32 Å². The van der Waals surface area contributed by atoms with Gasteiger partial charge in [-0.25, -0.2) is 4.90 Å². The molecule has 4 aromatic rings. The first-order valence-corrected chi connectivity index (χ1v) is 11.0. The number of carbonyl (C=O) groups excluding carboxylic acids is 2. The minimum absolute atomic E-state index is 0.250. The lowest BCUT2D eigenvalue weighted by atomic mass is 9.99. The molecule has 2 amide bonds. The van der Waals surface area contributed by atoms with Crippen molar-refractivity contribution in [3.8, 4) is 0 Å². The highest BCUT2D eigenvalue weighted by molar-refractivity contribution is 6.46. The van der Waals surface area contributed by atoms with E-state index >= 15 is 0 Å². The van der Waals surface area contributed by atoms with Crippen molar-refractivity contribution in [2.75, 3.05) is 10.2 Å². The number of amides is 2. The van der Waals surface area contributed by atoms with E-state index in [1.165, 1.54) is 4.90 Å². The smallest absolute Gasteiger partial charge is 0.282 e. The first-order chi connectivity index (χ1) is 15.9. The average Bonchev–Trinajstić information content (AvgIpc) is 3.05. The van der Waals surface area contributed by atoms with Gasteiger partial charge in [-0.1, -0.05) is 72.3 Å². The number of hydrogen-bond donors (Lipinski definition) is 1. The summed E-state index contributed by atoms with van der Waals surface area (Å²) in [6.07, 6.45) is 0. The normalized spacial score (nSPS) is 13.8. The predicted octanol–water partition coefficient (Wildman–Crippen LogP) is 6.51. The molecule has 0 aromatic heterocycles. The monoisotopic (exact) mass is 452 g/mol. The Balaban J connectivity index is 1.68. The summed E-state index contributed by atoms with van der Waals surface area (Å²) >= 11 is 6.16. The second-order valence-electron chi connectivity index (χ2n) is 8.13. The van der Waals surface area contributed by atoms with Crippen molar-refractivity contribution in [3.05, 3.63) is 112 Å². The summed E-state index contributed by atoms with van der Waals surface area (Å²) < 4.78 is 0. The van der Waals surface area contributed by atoms with Gasteiger partial charge >= 0.3 is 0 Å². The van der Waals surface area contributed by atoms with E-state index in [0.29, 0.717) is 21.8 Å². The van der Waals surface area contributed by atoms with Crippen molar-refractivity contribution >= 4 is 51.1 Å². The van der Waals surface area contributed by atoms with Gasteiger partial charge in [-0.05, 0) is 60.2 Å². The van der Waals surface area contributed by atoms with Crippen LogP contribution in [0.4, 0.5) is 11.4 Å². The molecule has 5 heteroatoms. The fourth-order valence-electron chi connectivity index (χ4n) is 4.13. The Labute approximate surface area is 197 Å². The summed E-state index contributed by atoms with van der Waals surface area (Å²) in [6.45, 7) is 4.01. The summed E-state index contributed by atoms with van der Waals surface area (Å²) in [5, 5.41) is 5.76. The summed E-state index contributed by atoms with van der Waals surface area (Å²) in [7, 11) is 0. The first-order valence-electron chi connectivity index (χ1n) is 10.6. The van der Waals surface area contributed by atoms with Crippen LogP contribution in [-0.4, -0.2) is 11.8 Å². The molecule has 0 aliphatic carbocycles. The molecule has 162 valence electrons. The highest BCUT2D eigenvalue weighted by atomic mass is 35.5. The maximum absolute atomic E-state index is 13.7. The van der Waals surface area contributed by atoms with Gasteiger partial charge in [-0.2, -0.15) is 0 Å². The quantitative estimate of drug-likeness (QED) is 0.359. The van der Waals surface area contributed by atoms with E-state index in [4.69, 9.17) is 11.6 Å². The number of aryl methyl sites for hydroxylation is 2. The highest BCUT2D eigenvalue weighted by Gasteiger charge is 2.40. The van der Waals surface area contributed by atoms with E-state index in [2.05, 4.69) is 5.32 Å². The largest absolute Gasteiger partial charge is 0.350 e. The minimum Gasteiger partial charge on any atom is -0.350 e. The molecule has 1 N–H and O–H groups in total. The zero-order chi connectivity index (χ0) is 23.1. The number of imide groups is 1. The molecule has 4 aromatic carbocycles. The second kappa shape index (κ2) is 8.23. The lowest BCUT2D eigenvalue weighted by Crippen LogP contribution is -2.32. The second-order valence-corrected chi connectivity index (χ2v) is 8.56. The Bertz CT molecular complexity index is 1470. The van der Waals surface area contributed by atoms with Crippen molar-refractivity contribution in [1.82, 2.24) is 0 Å². The van der Waals surface area contributed by atoms with E-state index in [1.54, 1.807) is 24.3 Å². The molecule has 1 aliphatic rings. The van der Waals surface area contributed by atoms with Gasteiger partial charge in [0, 0.05) is 16.1 Å². The van der Waals surface area contributed by atoms with Crippen LogP contribution in [0.2, 0.25) is 5.02 Å². The van der Waals surface area contributed by atoms with E-state index < -0.39 is 5.91 Å². The van der Waals surface area contributed by atoms with Crippen LogP contribution in [0.3, 0.4) is 0 Å². The number of carbonyl (C=O) groups is 2. The summed E-state index contributed by atoms with van der Waals surface area (Å²) in [6, 6.07) is 26.3. The molecule has 1 heterocycles. The van der Waals surface area contributed by atoms with Crippen LogP contribution in [0, 0.1) is 13.8 Å². The van der Waals surface area contributed by atoms with Crippen molar-refractivity contribution in [3.63, 3.8) is 0 Å². The molecule has 0 bridgehead atoms. The SMILES string of the molecule is Cc1ccc(C2=C(Nc3cccc4ccccc34)C(=O)N(c3cccc(Cl)c3)C2=O)cc1C. The third-order valence-corrected chi connectivity index (χ3v) is 6.23. The molecule has 1 aliphatic heterocycles. The van der Waals surface area contributed by atoms with E-state index in [0.717, 1.165) is 27.6 Å². The first kappa shape index (κ1) is 21.0. The van der Waals surface area contributed by atoms with Crippen LogP contribution in [0.15, 0.2) is 90.6 Å². The number of rotatable bonds is 4. The molecule has 5 rings (SSSR count). The number of nitrogens with one attached hydrogen (secondary N) is 1. The Kier molecular flexibility index (Phi) is 5.23. The Morgan fingerprint density at radius 1 is 0.758 bits per heavy atom. The zero-order valence-electron chi connectivity index (χ0n) is 18.2. The third-order valence-electron chi connectivity index (χ3n) is 6.00. The fourth-order valence-corrected chi connectivity index (χ4v) is 4.31. The molecule has 0 saturated heterocycles. The lowest BCUT2D eigenvalue weighted by molar-refractivity contribution is -0.120. The number of halogens is 1. The van der Waals surface area contributed by atoms with Crippen LogP contribution >= 0.6 is 11.6 Å². The molecule has 0 saturated carbocycles. The van der Waals surface area contributed by atoms with Crippen molar-refractivity contribution in [2.45, 2.75) is 13.8 Å². The summed E-state index contributed by atoms with van der Waals surface area (Å²) in [5.74, 6) is -0.795. The Hall–Kier alpha value is -3.89. The topological polar surface area (TPSA) is 49.4 Å². The predicted molar refractivity (Wildman–Crippen MR) is 134 cm³/mol. The van der Waals surface area contributed by atoms with Gasteiger partial charge in [0.2, 0.25) is 0 Å². The van der Waals surface area contributed by atoms with E-state index in [-0.39, 0.29) is 11.6 Å². The Morgan fingerprint density at radius 2 is 1.52 bits per heavy atom. The minimum atomic E-state index is -0.413. The zero-order valence-corrected chi connectivity index (χ0v) is 19.0. The highest BCUT2D eigenvalue weighted by Crippen LogP contribution is 2.36. The van der Waals surface area contributed by atoms with Crippen LogP contribution in [0.1, 0.15) is 16.7 Å². The number of anilines is 2. The number of nitrogens with zero attached hydrogens (tertiary/aromatic N) is 1. The molecule has 0 unspecified atom stereocenters. The maximum atomic E-state index is 13.7. The molecule has 33 heavy (non-hydrogen) atoms. The average molecular weight is 453 g/mol. The Morgan fingerprint density at radius 3 is 2.30 bits per heavy atom. The molecule has 0 atom stereocenters. The van der Waals surface area contributed by atoms with Gasteiger partial charge in [-0.15, -0.1) is 0 Å². The molecule has 0 radical (unpaired) electrons. The van der Waals surface area contributed by atoms with Gasteiger partial charge in [0.05, 0.1) is 11.3 Å². The fraction of sp³-hybridized carbons (Fsp3) is 0.0714. The van der Waals surface area contributed by atoms with Gasteiger partial charge in [0.15, 0.2) is 0 Å². The van der Waals surface area contributed by atoms with Crippen molar-refractivity contribution < 1.29 is 9.59 Å². The van der Waals surface area contributed by atoms with Gasteiger partial charge in [0.1, 0.15) is 5.70 Å². The van der Waals surface area contributed by atoms with Crippen molar-refractivity contribution in [1.29, 1.82) is 0 Å². The van der Waals surface area contributed by atoms with Gasteiger partial charge in [0.25, 0.3) is 11.8 Å². The standard InChI is InChI=1S/C28H21ClN2O2/c1-17-13-14-20(15-18(17)2)25-26(30-24-12-5-8-19-7-3-4-11-23(19)24)28(33)31(27(25)32)22-10-6-9-21(29)16-22/h3-16,30H,1-2H3. The van der Waals surface area contributed by atoms with Crippen LogP contribution < -0.4 is 10.2 Å². The summed E-state index contributed by atoms with van der Waals surface area (Å²) in [5.41, 5.74) is 4.66. The number of benzene rings is 4. The van der Waals surface area contributed by atoms with Crippen LogP contribution in [-0.2, 0) is 9.59 Å².